The summed E-state index contributed by atoms with van der Waals surface area (Å²) in [5.41, 5.74) is 3.47. The maximum Gasteiger partial charge on any atom is 0.231 e. The molecule has 94 valence electrons. The number of ether oxygens (including phenoxy) is 2. The average Bonchev–Trinajstić information content (AvgIpc) is 2.95. The van der Waals surface area contributed by atoms with Gasteiger partial charge in [0, 0.05) is 11.3 Å². The Morgan fingerprint density at radius 3 is 2.95 bits per heavy atom. The topological polar surface area (TPSA) is 30.5 Å². The molecule has 0 radical (unpaired) electrons. The third kappa shape index (κ3) is 1.66. The lowest BCUT2D eigenvalue weighted by molar-refractivity contribution is 0.173. The Balaban J connectivity index is 1.75. The van der Waals surface area contributed by atoms with Gasteiger partial charge in [-0.05, 0) is 17.7 Å². The molecule has 3 heteroatoms. The number of benzene rings is 2. The summed E-state index contributed by atoms with van der Waals surface area (Å²) >= 11 is 0. The SMILES string of the molecule is C1=CC(c2cccc3c2OCO3)Nc2ccccc21. The molecule has 2 aromatic rings. The molecule has 2 aliphatic rings. The van der Waals surface area contributed by atoms with Crippen molar-refractivity contribution in [3.05, 3.63) is 59.7 Å². The second kappa shape index (κ2) is 4.05. The van der Waals surface area contributed by atoms with Gasteiger partial charge in [0.15, 0.2) is 11.5 Å². The number of fused-ring (bicyclic) bond motifs is 2. The van der Waals surface area contributed by atoms with E-state index in [4.69, 9.17) is 9.47 Å². The Morgan fingerprint density at radius 1 is 1.00 bits per heavy atom. The quantitative estimate of drug-likeness (QED) is 0.840. The van der Waals surface area contributed by atoms with E-state index in [9.17, 15) is 0 Å². The maximum atomic E-state index is 5.57. The van der Waals surface area contributed by atoms with Crippen LogP contribution in [0.3, 0.4) is 0 Å². The normalized spacial score (nSPS) is 18.8. The van der Waals surface area contributed by atoms with E-state index in [1.807, 2.05) is 24.3 Å². The molecule has 0 fully saturated rings. The molecule has 0 aromatic heterocycles. The van der Waals surface area contributed by atoms with Crippen molar-refractivity contribution < 1.29 is 9.47 Å². The molecule has 1 atom stereocenters. The molecule has 1 unspecified atom stereocenters. The van der Waals surface area contributed by atoms with Gasteiger partial charge in [0.1, 0.15) is 0 Å². The third-order valence-electron chi connectivity index (χ3n) is 3.50. The number of nitrogens with one attached hydrogen (secondary N) is 1. The lowest BCUT2D eigenvalue weighted by Gasteiger charge is -2.23. The minimum atomic E-state index is 0.117. The third-order valence-corrected chi connectivity index (χ3v) is 3.50. The molecular weight excluding hydrogens is 238 g/mol. The predicted molar refractivity (Wildman–Crippen MR) is 74.4 cm³/mol. The molecule has 0 saturated carbocycles. The molecule has 0 saturated heterocycles. The first-order valence-electron chi connectivity index (χ1n) is 6.34. The van der Waals surface area contributed by atoms with Crippen LogP contribution in [0, 0.1) is 0 Å². The highest BCUT2D eigenvalue weighted by Crippen LogP contribution is 2.41. The van der Waals surface area contributed by atoms with Crippen molar-refractivity contribution in [1.82, 2.24) is 0 Å². The van der Waals surface area contributed by atoms with Crippen LogP contribution in [0.2, 0.25) is 0 Å². The van der Waals surface area contributed by atoms with E-state index in [-0.39, 0.29) is 6.04 Å². The van der Waals surface area contributed by atoms with Crippen molar-refractivity contribution in [3.8, 4) is 11.5 Å². The molecule has 2 aliphatic heterocycles. The highest BCUT2D eigenvalue weighted by Gasteiger charge is 2.23. The first-order valence-corrected chi connectivity index (χ1v) is 6.34. The fraction of sp³-hybridized carbons (Fsp3) is 0.125. The minimum Gasteiger partial charge on any atom is -0.454 e. The van der Waals surface area contributed by atoms with Crippen LogP contribution >= 0.6 is 0 Å². The van der Waals surface area contributed by atoms with Crippen LogP contribution in [0.4, 0.5) is 5.69 Å². The van der Waals surface area contributed by atoms with Gasteiger partial charge in [-0.2, -0.15) is 0 Å². The van der Waals surface area contributed by atoms with Crippen LogP contribution in [-0.2, 0) is 0 Å². The standard InChI is InChI=1S/C16H13NO2/c1-2-6-13-11(4-1)8-9-14(17-13)12-5-3-7-15-16(12)19-10-18-15/h1-9,14,17H,10H2. The molecule has 4 rings (SSSR count). The Kier molecular flexibility index (Phi) is 2.24. The van der Waals surface area contributed by atoms with E-state index in [0.29, 0.717) is 6.79 Å². The Hall–Kier alpha value is -2.42. The Bertz CT molecular complexity index is 664. The van der Waals surface area contributed by atoms with E-state index < -0.39 is 0 Å². The van der Waals surface area contributed by atoms with Gasteiger partial charge in [-0.25, -0.2) is 0 Å². The number of para-hydroxylation sites is 2. The zero-order valence-electron chi connectivity index (χ0n) is 10.3. The van der Waals surface area contributed by atoms with Gasteiger partial charge in [0.2, 0.25) is 6.79 Å². The van der Waals surface area contributed by atoms with E-state index in [1.165, 1.54) is 5.56 Å². The van der Waals surface area contributed by atoms with Gasteiger partial charge in [-0.1, -0.05) is 42.5 Å². The average molecular weight is 251 g/mol. The number of hydrogen-bond acceptors (Lipinski definition) is 3. The molecule has 19 heavy (non-hydrogen) atoms. The summed E-state index contributed by atoms with van der Waals surface area (Å²) in [6.07, 6.45) is 4.30. The fourth-order valence-electron chi connectivity index (χ4n) is 2.57. The van der Waals surface area contributed by atoms with Crippen molar-refractivity contribution in [2.45, 2.75) is 6.04 Å². The number of hydrogen-bond donors (Lipinski definition) is 1. The summed E-state index contributed by atoms with van der Waals surface area (Å²) in [5, 5.41) is 3.52. The highest BCUT2D eigenvalue weighted by molar-refractivity contribution is 5.72. The fourth-order valence-corrected chi connectivity index (χ4v) is 2.57. The Labute approximate surface area is 111 Å². The molecular formula is C16H13NO2. The number of anilines is 1. The molecule has 2 heterocycles. The van der Waals surface area contributed by atoms with Gasteiger partial charge in [0.05, 0.1) is 6.04 Å². The highest BCUT2D eigenvalue weighted by atomic mass is 16.7. The minimum absolute atomic E-state index is 0.117. The van der Waals surface area contributed by atoms with Gasteiger partial charge in [0.25, 0.3) is 0 Å². The summed E-state index contributed by atoms with van der Waals surface area (Å²) in [4.78, 5) is 0. The molecule has 3 nitrogen and oxygen atoms in total. The van der Waals surface area contributed by atoms with Crippen LogP contribution in [0.5, 0.6) is 11.5 Å². The first-order chi connectivity index (χ1) is 9.42. The molecule has 2 aromatic carbocycles. The predicted octanol–water partition coefficient (Wildman–Crippen LogP) is 3.60. The van der Waals surface area contributed by atoms with Crippen LogP contribution in [0.1, 0.15) is 17.2 Å². The van der Waals surface area contributed by atoms with Crippen LogP contribution in [0.25, 0.3) is 6.08 Å². The van der Waals surface area contributed by atoms with Crippen molar-refractivity contribution in [1.29, 1.82) is 0 Å². The second-order valence-electron chi connectivity index (χ2n) is 4.65. The van der Waals surface area contributed by atoms with Crippen LogP contribution in [0.15, 0.2) is 48.5 Å². The maximum absolute atomic E-state index is 5.57. The summed E-state index contributed by atoms with van der Waals surface area (Å²) in [7, 11) is 0. The molecule has 0 spiro atoms. The second-order valence-corrected chi connectivity index (χ2v) is 4.65. The molecule has 0 bridgehead atoms. The first kappa shape index (κ1) is 10.5. The molecule has 1 N–H and O–H groups in total. The van der Waals surface area contributed by atoms with Crippen molar-refractivity contribution in [2.75, 3.05) is 12.1 Å². The lowest BCUT2D eigenvalue weighted by atomic mass is 9.99. The monoisotopic (exact) mass is 251 g/mol. The smallest absolute Gasteiger partial charge is 0.231 e. The van der Waals surface area contributed by atoms with Gasteiger partial charge in [-0.15, -0.1) is 0 Å². The summed E-state index contributed by atoms with van der Waals surface area (Å²) < 4.78 is 11.0. The van der Waals surface area contributed by atoms with Crippen LogP contribution in [-0.4, -0.2) is 6.79 Å². The number of rotatable bonds is 1. The molecule has 0 amide bonds. The molecule has 0 aliphatic carbocycles. The van der Waals surface area contributed by atoms with Crippen molar-refractivity contribution >= 4 is 11.8 Å². The van der Waals surface area contributed by atoms with E-state index >= 15 is 0 Å². The van der Waals surface area contributed by atoms with E-state index in [0.717, 1.165) is 22.7 Å². The largest absolute Gasteiger partial charge is 0.454 e. The summed E-state index contributed by atoms with van der Waals surface area (Å²) in [5.74, 6) is 1.68. The van der Waals surface area contributed by atoms with Gasteiger partial charge < -0.3 is 14.8 Å². The summed E-state index contributed by atoms with van der Waals surface area (Å²) in [6.45, 7) is 0.305. The van der Waals surface area contributed by atoms with E-state index in [2.05, 4.69) is 35.7 Å². The van der Waals surface area contributed by atoms with Gasteiger partial charge >= 0.3 is 0 Å². The lowest BCUT2D eigenvalue weighted by Crippen LogP contribution is -2.12. The van der Waals surface area contributed by atoms with E-state index in [1.54, 1.807) is 0 Å². The van der Waals surface area contributed by atoms with Crippen molar-refractivity contribution in [3.63, 3.8) is 0 Å². The summed E-state index contributed by atoms with van der Waals surface area (Å²) in [6, 6.07) is 14.4. The Morgan fingerprint density at radius 2 is 1.95 bits per heavy atom. The van der Waals surface area contributed by atoms with Crippen molar-refractivity contribution in [2.24, 2.45) is 0 Å². The zero-order valence-corrected chi connectivity index (χ0v) is 10.3. The zero-order chi connectivity index (χ0) is 12.7. The van der Waals surface area contributed by atoms with Gasteiger partial charge in [-0.3, -0.25) is 0 Å². The van der Waals surface area contributed by atoms with Crippen LogP contribution < -0.4 is 14.8 Å².